The summed E-state index contributed by atoms with van der Waals surface area (Å²) in [5, 5.41) is 3.41. The zero-order valence-electron chi connectivity index (χ0n) is 11.3. The van der Waals surface area contributed by atoms with E-state index in [2.05, 4.69) is 31.0 Å². The normalized spacial score (nSPS) is 28.3. The molecule has 0 aromatic heterocycles. The third-order valence-corrected chi connectivity index (χ3v) is 4.31. The molecule has 1 fully saturated rings. The molecular formula is C12H23F3N2S. The molecule has 1 N–H and O–H groups in total. The summed E-state index contributed by atoms with van der Waals surface area (Å²) >= 11 is 0.0877. The molecule has 3 unspecified atom stereocenters. The second-order valence-electron chi connectivity index (χ2n) is 5.05. The van der Waals surface area contributed by atoms with Gasteiger partial charge in [0, 0.05) is 37.5 Å². The molecule has 0 aromatic rings. The Hall–Kier alpha value is 0.0600. The summed E-state index contributed by atoms with van der Waals surface area (Å²) in [7, 11) is 0. The first-order valence-electron chi connectivity index (χ1n) is 6.51. The van der Waals surface area contributed by atoms with Crippen LogP contribution < -0.4 is 5.32 Å². The number of alkyl halides is 3. The number of halogens is 3. The van der Waals surface area contributed by atoms with Crippen molar-refractivity contribution in [1.82, 2.24) is 10.2 Å². The number of nitrogens with zero attached hydrogens (tertiary/aromatic N) is 1. The number of hydrogen-bond donors (Lipinski definition) is 1. The zero-order chi connectivity index (χ0) is 13.8. The third-order valence-electron chi connectivity index (χ3n) is 3.60. The SMILES string of the molecule is CCC(C)C1CNC(C)CN1CCSC(F)(F)F. The van der Waals surface area contributed by atoms with Crippen LogP contribution in [0, 0.1) is 5.92 Å². The van der Waals surface area contributed by atoms with Crippen LogP contribution in [-0.2, 0) is 0 Å². The molecule has 0 amide bonds. The maximum absolute atomic E-state index is 12.1. The highest BCUT2D eigenvalue weighted by atomic mass is 32.2. The molecule has 0 saturated carbocycles. The molecule has 0 aliphatic carbocycles. The highest BCUT2D eigenvalue weighted by molar-refractivity contribution is 8.00. The van der Waals surface area contributed by atoms with Gasteiger partial charge in [-0.3, -0.25) is 4.90 Å². The van der Waals surface area contributed by atoms with Crippen LogP contribution in [0.4, 0.5) is 13.2 Å². The van der Waals surface area contributed by atoms with Crippen molar-refractivity contribution in [3.8, 4) is 0 Å². The van der Waals surface area contributed by atoms with Gasteiger partial charge in [-0.15, -0.1) is 0 Å². The molecule has 1 rings (SSSR count). The lowest BCUT2D eigenvalue weighted by Crippen LogP contribution is -2.58. The lowest BCUT2D eigenvalue weighted by molar-refractivity contribution is -0.0330. The minimum absolute atomic E-state index is 0.0877. The van der Waals surface area contributed by atoms with E-state index >= 15 is 0 Å². The Bertz CT molecular complexity index is 248. The Morgan fingerprint density at radius 2 is 2.11 bits per heavy atom. The van der Waals surface area contributed by atoms with E-state index in [0.29, 0.717) is 24.5 Å². The standard InChI is InChI=1S/C12H23F3N2S/c1-4-9(2)11-7-16-10(3)8-17(11)5-6-18-12(13,14)15/h9-11,16H,4-8H2,1-3H3. The lowest BCUT2D eigenvalue weighted by atomic mass is 9.95. The minimum atomic E-state index is -4.11. The molecule has 2 nitrogen and oxygen atoms in total. The van der Waals surface area contributed by atoms with Gasteiger partial charge in [-0.1, -0.05) is 20.3 Å². The van der Waals surface area contributed by atoms with Crippen LogP contribution in [0.15, 0.2) is 0 Å². The van der Waals surface area contributed by atoms with Gasteiger partial charge in [-0.05, 0) is 24.6 Å². The average molecular weight is 284 g/mol. The van der Waals surface area contributed by atoms with Crippen molar-refractivity contribution in [2.45, 2.75) is 44.8 Å². The number of hydrogen-bond acceptors (Lipinski definition) is 3. The van der Waals surface area contributed by atoms with Crippen LogP contribution in [0.3, 0.4) is 0 Å². The fourth-order valence-electron chi connectivity index (χ4n) is 2.37. The van der Waals surface area contributed by atoms with E-state index in [1.807, 2.05) is 0 Å². The van der Waals surface area contributed by atoms with Crippen LogP contribution in [-0.4, -0.2) is 47.9 Å². The summed E-state index contributed by atoms with van der Waals surface area (Å²) < 4.78 is 36.4. The second-order valence-corrected chi connectivity index (χ2v) is 6.21. The van der Waals surface area contributed by atoms with E-state index in [1.54, 1.807) is 0 Å². The highest BCUT2D eigenvalue weighted by Gasteiger charge is 2.31. The molecule has 3 atom stereocenters. The van der Waals surface area contributed by atoms with E-state index in [0.717, 1.165) is 19.5 Å². The number of rotatable bonds is 5. The topological polar surface area (TPSA) is 15.3 Å². The van der Waals surface area contributed by atoms with Gasteiger partial charge in [0.15, 0.2) is 0 Å². The minimum Gasteiger partial charge on any atom is -0.311 e. The number of thioether (sulfide) groups is 1. The molecule has 0 bridgehead atoms. The molecule has 108 valence electrons. The molecule has 1 aliphatic heterocycles. The number of nitrogens with one attached hydrogen (secondary N) is 1. The van der Waals surface area contributed by atoms with Crippen molar-refractivity contribution in [3.05, 3.63) is 0 Å². The summed E-state index contributed by atoms with van der Waals surface area (Å²) in [6.45, 7) is 8.62. The monoisotopic (exact) mass is 284 g/mol. The fraction of sp³-hybridized carbons (Fsp3) is 1.00. The van der Waals surface area contributed by atoms with Crippen molar-refractivity contribution in [2.75, 3.05) is 25.4 Å². The summed E-state index contributed by atoms with van der Waals surface area (Å²) in [5.41, 5.74) is -4.11. The predicted molar refractivity (Wildman–Crippen MR) is 70.8 cm³/mol. The van der Waals surface area contributed by atoms with Gasteiger partial charge in [0.1, 0.15) is 0 Å². The Balaban J connectivity index is 2.46. The predicted octanol–water partition coefficient (Wildman–Crippen LogP) is 2.95. The maximum atomic E-state index is 12.1. The summed E-state index contributed by atoms with van der Waals surface area (Å²) in [6.07, 6.45) is 1.06. The van der Waals surface area contributed by atoms with Gasteiger partial charge in [-0.2, -0.15) is 13.2 Å². The van der Waals surface area contributed by atoms with E-state index in [1.165, 1.54) is 0 Å². The molecular weight excluding hydrogens is 261 g/mol. The molecule has 18 heavy (non-hydrogen) atoms. The molecule has 0 radical (unpaired) electrons. The largest absolute Gasteiger partial charge is 0.441 e. The van der Waals surface area contributed by atoms with Crippen molar-refractivity contribution in [1.29, 1.82) is 0 Å². The molecule has 0 spiro atoms. The molecule has 6 heteroatoms. The third kappa shape index (κ3) is 5.36. The van der Waals surface area contributed by atoms with Crippen molar-refractivity contribution in [2.24, 2.45) is 5.92 Å². The van der Waals surface area contributed by atoms with Gasteiger partial charge in [-0.25, -0.2) is 0 Å². The van der Waals surface area contributed by atoms with Gasteiger partial charge in [0.25, 0.3) is 0 Å². The van der Waals surface area contributed by atoms with Gasteiger partial charge in [0.2, 0.25) is 0 Å². The first-order chi connectivity index (χ1) is 8.33. The second kappa shape index (κ2) is 7.01. The van der Waals surface area contributed by atoms with Crippen LogP contribution in [0.2, 0.25) is 0 Å². The van der Waals surface area contributed by atoms with Crippen molar-refractivity contribution < 1.29 is 13.2 Å². The molecule has 1 heterocycles. The highest BCUT2D eigenvalue weighted by Crippen LogP contribution is 2.30. The first kappa shape index (κ1) is 16.1. The van der Waals surface area contributed by atoms with E-state index in [9.17, 15) is 13.2 Å². The molecule has 0 aromatic carbocycles. The zero-order valence-corrected chi connectivity index (χ0v) is 12.1. The number of piperazine rings is 1. The van der Waals surface area contributed by atoms with Crippen molar-refractivity contribution in [3.63, 3.8) is 0 Å². The van der Waals surface area contributed by atoms with Gasteiger partial charge < -0.3 is 5.32 Å². The molecule has 1 aliphatic rings. The first-order valence-corrected chi connectivity index (χ1v) is 7.50. The van der Waals surface area contributed by atoms with Gasteiger partial charge in [0.05, 0.1) is 0 Å². The van der Waals surface area contributed by atoms with Crippen LogP contribution in [0.25, 0.3) is 0 Å². The van der Waals surface area contributed by atoms with E-state index < -0.39 is 5.51 Å². The van der Waals surface area contributed by atoms with E-state index in [4.69, 9.17) is 0 Å². The van der Waals surface area contributed by atoms with Crippen LogP contribution >= 0.6 is 11.8 Å². The van der Waals surface area contributed by atoms with E-state index in [-0.39, 0.29) is 17.5 Å². The summed E-state index contributed by atoms with van der Waals surface area (Å²) in [5.74, 6) is 0.643. The Morgan fingerprint density at radius 1 is 1.44 bits per heavy atom. The average Bonchev–Trinajstić information content (AvgIpc) is 2.26. The molecule has 1 saturated heterocycles. The lowest BCUT2D eigenvalue weighted by Gasteiger charge is -2.42. The Kier molecular flexibility index (Phi) is 6.27. The smallest absolute Gasteiger partial charge is 0.311 e. The fourth-order valence-corrected chi connectivity index (χ4v) is 2.93. The maximum Gasteiger partial charge on any atom is 0.441 e. The van der Waals surface area contributed by atoms with Gasteiger partial charge >= 0.3 is 5.51 Å². The van der Waals surface area contributed by atoms with Crippen LogP contribution in [0.5, 0.6) is 0 Å². The summed E-state index contributed by atoms with van der Waals surface area (Å²) in [4.78, 5) is 2.22. The quantitative estimate of drug-likeness (QED) is 0.835. The Labute approximate surface area is 112 Å². The Morgan fingerprint density at radius 3 is 2.67 bits per heavy atom. The van der Waals surface area contributed by atoms with Crippen LogP contribution in [0.1, 0.15) is 27.2 Å². The van der Waals surface area contributed by atoms with Crippen molar-refractivity contribution >= 4 is 11.8 Å². The summed E-state index contributed by atoms with van der Waals surface area (Å²) in [6, 6.07) is 0.723.